The minimum atomic E-state index is -0.536. The fraction of sp³-hybridized carbons (Fsp3) is 0.375. The van der Waals surface area contributed by atoms with E-state index >= 15 is 0 Å². The lowest BCUT2D eigenvalue weighted by atomic mass is 10.1. The largest absolute Gasteiger partial charge is 0.379 e. The van der Waals surface area contributed by atoms with Gasteiger partial charge in [0.25, 0.3) is 5.91 Å². The Hall–Kier alpha value is -2.94. The minimum absolute atomic E-state index is 0.0883. The van der Waals surface area contributed by atoms with Gasteiger partial charge in [0.2, 0.25) is 11.8 Å². The van der Waals surface area contributed by atoms with Gasteiger partial charge < -0.3 is 20.3 Å². The highest BCUT2D eigenvalue weighted by Gasteiger charge is 2.36. The molecule has 0 bridgehead atoms. The number of nitrogens with one attached hydrogen (secondary N) is 2. The second-order valence-electron chi connectivity index (χ2n) is 8.10. The SMILES string of the molecule is O=C(NCCN1CCOCC1)c1ccccc1NC(=O)[C@H]1CC(=O)N(c2ccccc2Cl)C1. The van der Waals surface area contributed by atoms with Crippen molar-refractivity contribution in [2.45, 2.75) is 6.42 Å². The van der Waals surface area contributed by atoms with Gasteiger partial charge in [-0.15, -0.1) is 0 Å². The molecule has 0 unspecified atom stereocenters. The van der Waals surface area contributed by atoms with Crippen molar-refractivity contribution in [1.82, 2.24) is 10.2 Å². The van der Waals surface area contributed by atoms with Gasteiger partial charge in [-0.3, -0.25) is 19.3 Å². The van der Waals surface area contributed by atoms with Crippen molar-refractivity contribution in [1.29, 1.82) is 0 Å². The van der Waals surface area contributed by atoms with Crippen LogP contribution in [0.15, 0.2) is 48.5 Å². The van der Waals surface area contributed by atoms with Gasteiger partial charge in [0.05, 0.1) is 41.1 Å². The van der Waals surface area contributed by atoms with Crippen LogP contribution in [0, 0.1) is 5.92 Å². The molecule has 3 amide bonds. The Morgan fingerprint density at radius 2 is 1.79 bits per heavy atom. The molecule has 2 saturated heterocycles. The van der Waals surface area contributed by atoms with Crippen molar-refractivity contribution < 1.29 is 19.1 Å². The van der Waals surface area contributed by atoms with Gasteiger partial charge in [-0.05, 0) is 24.3 Å². The maximum atomic E-state index is 12.9. The summed E-state index contributed by atoms with van der Waals surface area (Å²) in [6.07, 6.45) is 0.0883. The summed E-state index contributed by atoms with van der Waals surface area (Å²) in [6, 6.07) is 13.9. The van der Waals surface area contributed by atoms with Gasteiger partial charge in [0, 0.05) is 39.1 Å². The van der Waals surface area contributed by atoms with Crippen LogP contribution in [0.3, 0.4) is 0 Å². The Bertz CT molecular complexity index is 1030. The molecule has 8 nitrogen and oxygen atoms in total. The van der Waals surface area contributed by atoms with Gasteiger partial charge in [-0.1, -0.05) is 35.9 Å². The van der Waals surface area contributed by atoms with E-state index in [0.29, 0.717) is 41.7 Å². The molecule has 4 rings (SSSR count). The minimum Gasteiger partial charge on any atom is -0.379 e. The zero-order valence-corrected chi connectivity index (χ0v) is 19.0. The summed E-state index contributed by atoms with van der Waals surface area (Å²) in [5.74, 6) is -1.24. The maximum absolute atomic E-state index is 12.9. The van der Waals surface area contributed by atoms with Crippen LogP contribution in [-0.2, 0) is 14.3 Å². The molecule has 2 heterocycles. The third kappa shape index (κ3) is 5.71. The number of benzene rings is 2. The van der Waals surface area contributed by atoms with E-state index in [1.54, 1.807) is 48.5 Å². The van der Waals surface area contributed by atoms with Crippen molar-refractivity contribution in [3.05, 3.63) is 59.1 Å². The molecule has 0 saturated carbocycles. The molecule has 0 aliphatic carbocycles. The summed E-state index contributed by atoms with van der Waals surface area (Å²) >= 11 is 6.23. The summed E-state index contributed by atoms with van der Waals surface area (Å²) in [6.45, 7) is 4.61. The highest BCUT2D eigenvalue weighted by atomic mass is 35.5. The first kappa shape index (κ1) is 23.2. The smallest absolute Gasteiger partial charge is 0.253 e. The number of ether oxygens (including phenoxy) is 1. The Balaban J connectivity index is 1.36. The number of hydrogen-bond donors (Lipinski definition) is 2. The van der Waals surface area contributed by atoms with E-state index in [2.05, 4.69) is 15.5 Å². The molecule has 1 atom stereocenters. The Labute approximate surface area is 197 Å². The van der Waals surface area contributed by atoms with Crippen LogP contribution < -0.4 is 15.5 Å². The quantitative estimate of drug-likeness (QED) is 0.648. The van der Waals surface area contributed by atoms with Crippen LogP contribution >= 0.6 is 11.6 Å². The lowest BCUT2D eigenvalue weighted by Gasteiger charge is -2.26. The second-order valence-corrected chi connectivity index (χ2v) is 8.51. The third-order valence-electron chi connectivity index (χ3n) is 5.89. The van der Waals surface area contributed by atoms with Gasteiger partial charge in [0.1, 0.15) is 0 Å². The van der Waals surface area contributed by atoms with Crippen LogP contribution in [0.4, 0.5) is 11.4 Å². The summed E-state index contributed by atoms with van der Waals surface area (Å²) < 4.78 is 5.34. The number of para-hydroxylation sites is 2. The standard InChI is InChI=1S/C24H27ClN4O4/c25-19-6-2-4-8-21(19)29-16-17(15-22(29)30)23(31)27-20-7-3-1-5-18(20)24(32)26-9-10-28-11-13-33-14-12-28/h1-8,17H,9-16H2,(H,26,32)(H,27,31)/t17-/m0/s1. The lowest BCUT2D eigenvalue weighted by molar-refractivity contribution is -0.122. The Morgan fingerprint density at radius 1 is 1.06 bits per heavy atom. The predicted molar refractivity (Wildman–Crippen MR) is 127 cm³/mol. The first-order chi connectivity index (χ1) is 16.0. The summed E-state index contributed by atoms with van der Waals surface area (Å²) in [5, 5.41) is 6.23. The summed E-state index contributed by atoms with van der Waals surface area (Å²) in [5.41, 5.74) is 1.41. The molecule has 9 heteroatoms. The molecule has 0 radical (unpaired) electrons. The number of hydrogen-bond acceptors (Lipinski definition) is 5. The van der Waals surface area contributed by atoms with E-state index in [9.17, 15) is 14.4 Å². The number of carbonyl (C=O) groups excluding carboxylic acids is 3. The monoisotopic (exact) mass is 470 g/mol. The highest BCUT2D eigenvalue weighted by molar-refractivity contribution is 6.34. The second kappa shape index (κ2) is 10.8. The van der Waals surface area contributed by atoms with Crippen LogP contribution in [0.5, 0.6) is 0 Å². The van der Waals surface area contributed by atoms with Crippen molar-refractivity contribution in [3.63, 3.8) is 0 Å². The number of anilines is 2. The molecular weight excluding hydrogens is 444 g/mol. The van der Waals surface area contributed by atoms with Crippen LogP contribution in [0.25, 0.3) is 0 Å². The normalized spacial score (nSPS) is 18.9. The Kier molecular flexibility index (Phi) is 7.59. The number of morpholine rings is 1. The molecule has 2 N–H and O–H groups in total. The van der Waals surface area contributed by atoms with Crippen molar-refractivity contribution >= 4 is 40.7 Å². The van der Waals surface area contributed by atoms with Crippen molar-refractivity contribution in [2.75, 3.05) is 56.2 Å². The van der Waals surface area contributed by atoms with E-state index in [4.69, 9.17) is 16.3 Å². The van der Waals surface area contributed by atoms with E-state index in [0.717, 1.165) is 19.6 Å². The van der Waals surface area contributed by atoms with E-state index in [-0.39, 0.29) is 30.7 Å². The molecule has 0 aromatic heterocycles. The third-order valence-corrected chi connectivity index (χ3v) is 6.21. The van der Waals surface area contributed by atoms with Gasteiger partial charge in [-0.2, -0.15) is 0 Å². The summed E-state index contributed by atoms with van der Waals surface area (Å²) in [4.78, 5) is 42.0. The zero-order chi connectivity index (χ0) is 23.2. The zero-order valence-electron chi connectivity index (χ0n) is 18.3. The number of nitrogens with zero attached hydrogens (tertiary/aromatic N) is 2. The molecule has 0 spiro atoms. The highest BCUT2D eigenvalue weighted by Crippen LogP contribution is 2.31. The lowest BCUT2D eigenvalue weighted by Crippen LogP contribution is -2.41. The predicted octanol–water partition coefficient (Wildman–Crippen LogP) is 2.39. The van der Waals surface area contributed by atoms with Crippen LogP contribution in [-0.4, -0.2) is 68.6 Å². The first-order valence-corrected chi connectivity index (χ1v) is 11.4. The molecule has 2 aromatic carbocycles. The fourth-order valence-corrected chi connectivity index (χ4v) is 4.30. The average molecular weight is 471 g/mol. The Morgan fingerprint density at radius 3 is 2.58 bits per heavy atom. The summed E-state index contributed by atoms with van der Waals surface area (Å²) in [7, 11) is 0. The topological polar surface area (TPSA) is 91.0 Å². The number of rotatable bonds is 7. The van der Waals surface area contributed by atoms with Crippen molar-refractivity contribution in [2.24, 2.45) is 5.92 Å². The molecule has 174 valence electrons. The average Bonchev–Trinajstić information content (AvgIpc) is 3.22. The van der Waals surface area contributed by atoms with Crippen LogP contribution in [0.1, 0.15) is 16.8 Å². The maximum Gasteiger partial charge on any atom is 0.253 e. The van der Waals surface area contributed by atoms with Crippen LogP contribution in [0.2, 0.25) is 5.02 Å². The number of amides is 3. The molecule has 2 aliphatic rings. The van der Waals surface area contributed by atoms with E-state index in [1.807, 2.05) is 0 Å². The fourth-order valence-electron chi connectivity index (χ4n) is 4.06. The molecule has 33 heavy (non-hydrogen) atoms. The number of halogens is 1. The molecular formula is C24H27ClN4O4. The van der Waals surface area contributed by atoms with E-state index in [1.165, 1.54) is 4.90 Å². The van der Waals surface area contributed by atoms with E-state index < -0.39 is 5.92 Å². The van der Waals surface area contributed by atoms with Gasteiger partial charge in [0.15, 0.2) is 0 Å². The van der Waals surface area contributed by atoms with Gasteiger partial charge >= 0.3 is 0 Å². The van der Waals surface area contributed by atoms with Crippen molar-refractivity contribution in [3.8, 4) is 0 Å². The number of carbonyl (C=O) groups is 3. The first-order valence-electron chi connectivity index (χ1n) is 11.1. The molecule has 2 fully saturated rings. The molecule has 2 aliphatic heterocycles. The molecule has 2 aromatic rings. The van der Waals surface area contributed by atoms with Gasteiger partial charge in [-0.25, -0.2) is 0 Å².